The van der Waals surface area contributed by atoms with Gasteiger partial charge in [-0.25, -0.2) is 4.98 Å². The van der Waals surface area contributed by atoms with Crippen molar-refractivity contribution in [3.8, 4) is 0 Å². The number of aryl methyl sites for hydroxylation is 1. The van der Waals surface area contributed by atoms with Crippen LogP contribution in [0.15, 0.2) is 0 Å². The van der Waals surface area contributed by atoms with Crippen molar-refractivity contribution >= 4 is 22.6 Å². The third-order valence-corrected chi connectivity index (χ3v) is 5.11. The van der Waals surface area contributed by atoms with Gasteiger partial charge in [0.15, 0.2) is 0 Å². The molecule has 2 fully saturated rings. The highest BCUT2D eigenvalue weighted by Crippen LogP contribution is 2.20. The second kappa shape index (κ2) is 6.70. The number of rotatable bonds is 2. The first kappa shape index (κ1) is 14.7. The molecule has 0 spiro atoms. The van der Waals surface area contributed by atoms with Gasteiger partial charge in [0.25, 0.3) is 0 Å². The third-order valence-electron chi connectivity index (χ3n) is 4.24. The molecule has 21 heavy (non-hydrogen) atoms. The Morgan fingerprint density at radius 1 is 1.29 bits per heavy atom. The molecule has 3 heterocycles. The van der Waals surface area contributed by atoms with Gasteiger partial charge in [0.2, 0.25) is 11.0 Å². The molecule has 1 atom stereocenters. The Balaban J connectivity index is 1.58. The normalized spacial score (nSPS) is 24.0. The van der Waals surface area contributed by atoms with Crippen LogP contribution in [0.1, 0.15) is 25.1 Å². The number of anilines is 1. The fraction of sp³-hybridized carbons (Fsp3) is 0.786. The maximum absolute atomic E-state index is 12.6. The molecule has 2 aliphatic heterocycles. The van der Waals surface area contributed by atoms with E-state index in [1.165, 1.54) is 11.5 Å². The predicted molar refractivity (Wildman–Crippen MR) is 83.6 cm³/mol. The van der Waals surface area contributed by atoms with Crippen molar-refractivity contribution in [2.24, 2.45) is 5.92 Å². The highest BCUT2D eigenvalue weighted by Gasteiger charge is 2.27. The summed E-state index contributed by atoms with van der Waals surface area (Å²) in [5, 5.41) is 4.32. The Kier molecular flexibility index (Phi) is 4.70. The Labute approximate surface area is 129 Å². The third kappa shape index (κ3) is 3.52. The number of hydrogen-bond acceptors (Lipinski definition) is 6. The van der Waals surface area contributed by atoms with Crippen LogP contribution in [0.5, 0.6) is 0 Å². The lowest BCUT2D eigenvalue weighted by Gasteiger charge is -2.28. The van der Waals surface area contributed by atoms with Crippen molar-refractivity contribution in [2.45, 2.75) is 26.2 Å². The molecule has 0 aliphatic carbocycles. The topological polar surface area (TPSA) is 61.4 Å². The number of carbonyl (C=O) groups excluding carboxylic acids is 1. The van der Waals surface area contributed by atoms with Crippen molar-refractivity contribution in [1.29, 1.82) is 0 Å². The van der Waals surface area contributed by atoms with Crippen LogP contribution in [0.2, 0.25) is 0 Å². The van der Waals surface area contributed by atoms with Crippen LogP contribution in [-0.2, 0) is 4.79 Å². The van der Waals surface area contributed by atoms with E-state index < -0.39 is 0 Å². The summed E-state index contributed by atoms with van der Waals surface area (Å²) >= 11 is 1.45. The molecule has 0 aromatic carbocycles. The lowest BCUT2D eigenvalue weighted by molar-refractivity contribution is -0.135. The fourth-order valence-corrected chi connectivity index (χ4v) is 3.79. The summed E-state index contributed by atoms with van der Waals surface area (Å²) in [6, 6.07) is 0. The van der Waals surface area contributed by atoms with E-state index in [1.807, 2.05) is 11.8 Å². The van der Waals surface area contributed by atoms with Crippen LogP contribution in [-0.4, -0.2) is 59.4 Å². The van der Waals surface area contributed by atoms with Gasteiger partial charge >= 0.3 is 0 Å². The summed E-state index contributed by atoms with van der Waals surface area (Å²) in [4.78, 5) is 21.4. The maximum Gasteiger partial charge on any atom is 0.227 e. The van der Waals surface area contributed by atoms with E-state index in [9.17, 15) is 4.79 Å². The minimum absolute atomic E-state index is 0.175. The number of carbonyl (C=O) groups is 1. The molecule has 1 aromatic rings. The molecule has 1 N–H and O–H groups in total. The second-order valence-electron chi connectivity index (χ2n) is 5.83. The van der Waals surface area contributed by atoms with Gasteiger partial charge in [0.1, 0.15) is 5.82 Å². The van der Waals surface area contributed by atoms with Crippen molar-refractivity contribution < 1.29 is 4.79 Å². The summed E-state index contributed by atoms with van der Waals surface area (Å²) in [5.74, 6) is 1.34. The van der Waals surface area contributed by atoms with Crippen molar-refractivity contribution in [3.05, 3.63) is 5.82 Å². The molecule has 1 unspecified atom stereocenters. The van der Waals surface area contributed by atoms with Gasteiger partial charge in [-0.2, -0.15) is 4.37 Å². The van der Waals surface area contributed by atoms with E-state index in [2.05, 4.69) is 19.6 Å². The van der Waals surface area contributed by atoms with Crippen LogP contribution < -0.4 is 10.2 Å². The highest BCUT2D eigenvalue weighted by molar-refractivity contribution is 7.09. The summed E-state index contributed by atoms with van der Waals surface area (Å²) < 4.78 is 4.25. The number of hydrogen-bond donors (Lipinski definition) is 1. The fourth-order valence-electron chi connectivity index (χ4n) is 3.06. The molecule has 0 saturated carbocycles. The van der Waals surface area contributed by atoms with Crippen LogP contribution in [0.4, 0.5) is 5.13 Å². The van der Waals surface area contributed by atoms with Gasteiger partial charge < -0.3 is 15.1 Å². The minimum Gasteiger partial charge on any atom is -0.345 e. The molecule has 2 saturated heterocycles. The van der Waals surface area contributed by atoms with Gasteiger partial charge in [0, 0.05) is 44.3 Å². The summed E-state index contributed by atoms with van der Waals surface area (Å²) in [7, 11) is 0. The lowest BCUT2D eigenvalue weighted by atomic mass is 9.98. The zero-order valence-electron chi connectivity index (χ0n) is 12.5. The largest absolute Gasteiger partial charge is 0.345 e. The van der Waals surface area contributed by atoms with Crippen molar-refractivity contribution in [3.63, 3.8) is 0 Å². The number of nitrogens with zero attached hydrogens (tertiary/aromatic N) is 4. The van der Waals surface area contributed by atoms with E-state index >= 15 is 0 Å². The summed E-state index contributed by atoms with van der Waals surface area (Å²) in [6.07, 6.45) is 3.15. The maximum atomic E-state index is 12.6. The Morgan fingerprint density at radius 3 is 2.90 bits per heavy atom. The van der Waals surface area contributed by atoms with Crippen molar-refractivity contribution in [1.82, 2.24) is 19.6 Å². The summed E-state index contributed by atoms with van der Waals surface area (Å²) in [5.41, 5.74) is 0. The molecule has 0 radical (unpaired) electrons. The van der Waals surface area contributed by atoms with Crippen LogP contribution in [0.3, 0.4) is 0 Å². The molecule has 6 nitrogen and oxygen atoms in total. The highest BCUT2D eigenvalue weighted by atomic mass is 32.1. The predicted octanol–water partition coefficient (Wildman–Crippen LogP) is 0.885. The first-order chi connectivity index (χ1) is 10.2. The molecular formula is C14H23N5OS. The van der Waals surface area contributed by atoms with E-state index in [0.29, 0.717) is 5.91 Å². The van der Waals surface area contributed by atoms with Gasteiger partial charge in [-0.3, -0.25) is 4.79 Å². The molecule has 1 aromatic heterocycles. The van der Waals surface area contributed by atoms with Gasteiger partial charge in [-0.05, 0) is 32.7 Å². The number of amides is 1. The monoisotopic (exact) mass is 309 g/mol. The minimum atomic E-state index is 0.175. The van der Waals surface area contributed by atoms with E-state index in [-0.39, 0.29) is 5.92 Å². The number of nitrogens with one attached hydrogen (secondary N) is 1. The molecule has 3 rings (SSSR count). The van der Waals surface area contributed by atoms with Gasteiger partial charge in [0.05, 0.1) is 5.92 Å². The summed E-state index contributed by atoms with van der Waals surface area (Å²) in [6.45, 7) is 7.30. The first-order valence-electron chi connectivity index (χ1n) is 7.79. The van der Waals surface area contributed by atoms with Crippen LogP contribution >= 0.6 is 11.5 Å². The lowest BCUT2D eigenvalue weighted by Crippen LogP contribution is -2.44. The smallest absolute Gasteiger partial charge is 0.227 e. The molecule has 0 bridgehead atoms. The van der Waals surface area contributed by atoms with Crippen LogP contribution in [0, 0.1) is 12.8 Å². The number of piperidine rings is 1. The number of aromatic nitrogens is 2. The average Bonchev–Trinajstić information content (AvgIpc) is 2.81. The van der Waals surface area contributed by atoms with E-state index in [0.717, 1.165) is 69.5 Å². The molecule has 7 heteroatoms. The Morgan fingerprint density at radius 2 is 2.19 bits per heavy atom. The molecular weight excluding hydrogens is 286 g/mol. The molecule has 2 aliphatic rings. The Bertz CT molecular complexity index is 485. The SMILES string of the molecule is Cc1nsc(N2CCCN(C(=O)C3CCCNC3)CC2)n1. The zero-order valence-corrected chi connectivity index (χ0v) is 13.4. The van der Waals surface area contributed by atoms with Gasteiger partial charge in [-0.15, -0.1) is 0 Å². The zero-order chi connectivity index (χ0) is 14.7. The second-order valence-corrected chi connectivity index (χ2v) is 6.56. The average molecular weight is 309 g/mol. The standard InChI is InChI=1S/C14H23N5OS/c1-11-16-14(21-17-11)19-7-3-6-18(8-9-19)13(20)12-4-2-5-15-10-12/h12,15H,2-10H2,1H3. The molecule has 116 valence electrons. The first-order valence-corrected chi connectivity index (χ1v) is 8.56. The van der Waals surface area contributed by atoms with Gasteiger partial charge in [-0.1, -0.05) is 0 Å². The Hall–Kier alpha value is -1.21. The van der Waals surface area contributed by atoms with E-state index in [4.69, 9.17) is 0 Å². The van der Waals surface area contributed by atoms with E-state index in [1.54, 1.807) is 0 Å². The van der Waals surface area contributed by atoms with Crippen molar-refractivity contribution in [2.75, 3.05) is 44.2 Å². The van der Waals surface area contributed by atoms with Crippen LogP contribution in [0.25, 0.3) is 0 Å². The quantitative estimate of drug-likeness (QED) is 0.879. The molecule has 1 amide bonds.